The van der Waals surface area contributed by atoms with Crippen molar-refractivity contribution >= 4 is 42.3 Å². The summed E-state index contributed by atoms with van der Waals surface area (Å²) in [7, 11) is 2.06. The summed E-state index contributed by atoms with van der Waals surface area (Å²) >= 11 is 0. The molecule has 134 valence electrons. The lowest BCUT2D eigenvalue weighted by molar-refractivity contribution is -0.118. The first-order chi connectivity index (χ1) is 10.5. The molecule has 2 amide bonds. The Kier molecular flexibility index (Phi) is 7.04. The molecule has 1 aliphatic heterocycles. The Hall–Kier alpha value is -1.34. The second kappa shape index (κ2) is 8.16. The molecule has 0 aromatic heterocycles. The molecule has 3 rings (SSSR count). The van der Waals surface area contributed by atoms with E-state index in [0.29, 0.717) is 11.3 Å². The maximum Gasteiger partial charge on any atom is 0.253 e. The molecule has 1 saturated carbocycles. The molecule has 1 aromatic rings. The van der Waals surface area contributed by atoms with Crippen molar-refractivity contribution in [3.63, 3.8) is 0 Å². The summed E-state index contributed by atoms with van der Waals surface area (Å²) in [6.07, 6.45) is 1.47. The number of anilines is 1. The van der Waals surface area contributed by atoms with Crippen molar-refractivity contribution in [3.8, 4) is 0 Å². The number of nitrogens with zero attached hydrogens (tertiary/aromatic N) is 2. The molecule has 2 fully saturated rings. The van der Waals surface area contributed by atoms with Gasteiger partial charge in [0, 0.05) is 37.4 Å². The number of amides is 2. The van der Waals surface area contributed by atoms with Gasteiger partial charge in [-0.2, -0.15) is 0 Å². The molecule has 3 N–H and O–H groups in total. The quantitative estimate of drug-likeness (QED) is 0.836. The van der Waals surface area contributed by atoms with Crippen LogP contribution in [0.5, 0.6) is 0 Å². The van der Waals surface area contributed by atoms with E-state index in [1.165, 1.54) is 0 Å². The molecule has 1 aromatic carbocycles. The topological polar surface area (TPSA) is 78.7 Å². The number of carbonyl (C=O) groups is 2. The average molecular weight is 375 g/mol. The van der Waals surface area contributed by atoms with Crippen LogP contribution in [0.25, 0.3) is 0 Å². The molecular formula is C16H24Cl2N4O2. The molecular weight excluding hydrogens is 351 g/mol. The third kappa shape index (κ3) is 4.60. The largest absolute Gasteiger partial charge is 0.336 e. The van der Waals surface area contributed by atoms with E-state index in [2.05, 4.69) is 17.3 Å². The number of carbonyl (C=O) groups excluding carboxylic acids is 2. The Balaban J connectivity index is 0.00000144. The monoisotopic (exact) mass is 374 g/mol. The second-order valence-electron chi connectivity index (χ2n) is 6.28. The van der Waals surface area contributed by atoms with Crippen molar-refractivity contribution in [3.05, 3.63) is 29.8 Å². The van der Waals surface area contributed by atoms with E-state index < -0.39 is 5.54 Å². The van der Waals surface area contributed by atoms with Crippen LogP contribution in [-0.4, -0.2) is 60.4 Å². The van der Waals surface area contributed by atoms with Crippen LogP contribution in [0.3, 0.4) is 0 Å². The van der Waals surface area contributed by atoms with Gasteiger partial charge in [0.15, 0.2) is 0 Å². The molecule has 24 heavy (non-hydrogen) atoms. The fraction of sp³-hybridized carbons (Fsp3) is 0.500. The lowest BCUT2D eigenvalue weighted by Crippen LogP contribution is -2.47. The van der Waals surface area contributed by atoms with Crippen molar-refractivity contribution in [1.82, 2.24) is 9.80 Å². The van der Waals surface area contributed by atoms with Crippen LogP contribution in [0, 0.1) is 0 Å². The van der Waals surface area contributed by atoms with Crippen LogP contribution in [-0.2, 0) is 4.79 Å². The summed E-state index contributed by atoms with van der Waals surface area (Å²) in [5.41, 5.74) is 6.49. The fourth-order valence-corrected chi connectivity index (χ4v) is 2.51. The van der Waals surface area contributed by atoms with Gasteiger partial charge in [0.1, 0.15) is 0 Å². The van der Waals surface area contributed by atoms with Gasteiger partial charge in [-0.1, -0.05) is 0 Å². The molecule has 0 spiro atoms. The maximum atomic E-state index is 12.4. The van der Waals surface area contributed by atoms with Crippen LogP contribution in [0.1, 0.15) is 23.2 Å². The smallest absolute Gasteiger partial charge is 0.253 e. The lowest BCUT2D eigenvalue weighted by Gasteiger charge is -2.32. The van der Waals surface area contributed by atoms with E-state index in [9.17, 15) is 9.59 Å². The van der Waals surface area contributed by atoms with Gasteiger partial charge in [-0.15, -0.1) is 24.8 Å². The molecule has 1 saturated heterocycles. The van der Waals surface area contributed by atoms with Crippen molar-refractivity contribution in [2.75, 3.05) is 38.5 Å². The first kappa shape index (κ1) is 20.7. The Morgan fingerprint density at radius 3 is 2.08 bits per heavy atom. The second-order valence-corrected chi connectivity index (χ2v) is 6.28. The summed E-state index contributed by atoms with van der Waals surface area (Å²) in [6.45, 7) is 3.31. The minimum absolute atomic E-state index is 0. The molecule has 0 atom stereocenters. The van der Waals surface area contributed by atoms with Crippen molar-refractivity contribution in [2.24, 2.45) is 5.73 Å². The summed E-state index contributed by atoms with van der Waals surface area (Å²) < 4.78 is 0. The Labute approximate surface area is 154 Å². The van der Waals surface area contributed by atoms with E-state index >= 15 is 0 Å². The van der Waals surface area contributed by atoms with Crippen LogP contribution >= 0.6 is 24.8 Å². The van der Waals surface area contributed by atoms with E-state index in [1.807, 2.05) is 4.90 Å². The zero-order valence-electron chi connectivity index (χ0n) is 13.7. The molecule has 1 heterocycles. The molecule has 1 aliphatic carbocycles. The molecule has 0 radical (unpaired) electrons. The van der Waals surface area contributed by atoms with Gasteiger partial charge in [-0.05, 0) is 44.2 Å². The van der Waals surface area contributed by atoms with Crippen LogP contribution in [0.2, 0.25) is 0 Å². The summed E-state index contributed by atoms with van der Waals surface area (Å²) in [6, 6.07) is 7.03. The van der Waals surface area contributed by atoms with Crippen molar-refractivity contribution in [1.29, 1.82) is 0 Å². The predicted molar refractivity (Wildman–Crippen MR) is 99.1 cm³/mol. The number of piperazine rings is 1. The number of rotatable bonds is 3. The highest BCUT2D eigenvalue weighted by molar-refractivity contribution is 6.00. The SMILES string of the molecule is CN1CCN(C(=O)c2ccc(NC(=O)C3(N)CC3)cc2)CC1.Cl.Cl. The number of nitrogens with two attached hydrogens (primary N) is 1. The summed E-state index contributed by atoms with van der Waals surface area (Å²) in [5.74, 6) is -0.103. The fourth-order valence-electron chi connectivity index (χ4n) is 2.51. The maximum absolute atomic E-state index is 12.4. The first-order valence-corrected chi connectivity index (χ1v) is 7.66. The normalized spacial score (nSPS) is 18.8. The van der Waals surface area contributed by atoms with E-state index in [0.717, 1.165) is 39.0 Å². The van der Waals surface area contributed by atoms with Crippen LogP contribution in [0.4, 0.5) is 5.69 Å². The van der Waals surface area contributed by atoms with Gasteiger partial charge in [0.2, 0.25) is 5.91 Å². The number of hydrogen-bond donors (Lipinski definition) is 2. The number of likely N-dealkylation sites (N-methyl/N-ethyl adjacent to an activating group) is 1. The minimum Gasteiger partial charge on any atom is -0.336 e. The van der Waals surface area contributed by atoms with Crippen molar-refractivity contribution in [2.45, 2.75) is 18.4 Å². The molecule has 0 unspecified atom stereocenters. The van der Waals surface area contributed by atoms with E-state index in [4.69, 9.17) is 5.73 Å². The Bertz CT molecular complexity index is 582. The minimum atomic E-state index is -0.686. The van der Waals surface area contributed by atoms with Crippen LogP contribution < -0.4 is 11.1 Å². The first-order valence-electron chi connectivity index (χ1n) is 7.66. The zero-order valence-corrected chi connectivity index (χ0v) is 15.3. The third-order valence-corrected chi connectivity index (χ3v) is 4.42. The molecule has 2 aliphatic rings. The zero-order chi connectivity index (χ0) is 15.7. The van der Waals surface area contributed by atoms with Gasteiger partial charge >= 0.3 is 0 Å². The number of benzene rings is 1. The van der Waals surface area contributed by atoms with Crippen LogP contribution in [0.15, 0.2) is 24.3 Å². The van der Waals surface area contributed by atoms with E-state index in [-0.39, 0.29) is 36.6 Å². The Morgan fingerprint density at radius 1 is 1.04 bits per heavy atom. The number of halogens is 2. The van der Waals surface area contributed by atoms with Crippen molar-refractivity contribution < 1.29 is 9.59 Å². The Morgan fingerprint density at radius 2 is 1.58 bits per heavy atom. The van der Waals surface area contributed by atoms with Gasteiger partial charge in [0.25, 0.3) is 5.91 Å². The van der Waals surface area contributed by atoms with Gasteiger partial charge < -0.3 is 20.9 Å². The third-order valence-electron chi connectivity index (χ3n) is 4.42. The highest BCUT2D eigenvalue weighted by atomic mass is 35.5. The summed E-state index contributed by atoms with van der Waals surface area (Å²) in [5, 5.41) is 2.80. The number of nitrogens with one attached hydrogen (secondary N) is 1. The standard InChI is InChI=1S/C16H22N4O2.2ClH/c1-19-8-10-20(11-9-19)14(21)12-2-4-13(5-3-12)18-15(22)16(17)6-7-16;;/h2-5H,6-11,17H2,1H3,(H,18,22);2*1H. The molecule has 8 heteroatoms. The van der Waals surface area contributed by atoms with Gasteiger partial charge in [0.05, 0.1) is 5.54 Å². The van der Waals surface area contributed by atoms with E-state index in [1.54, 1.807) is 24.3 Å². The summed E-state index contributed by atoms with van der Waals surface area (Å²) in [4.78, 5) is 28.4. The molecule has 0 bridgehead atoms. The van der Waals surface area contributed by atoms with Gasteiger partial charge in [-0.3, -0.25) is 9.59 Å². The van der Waals surface area contributed by atoms with Gasteiger partial charge in [-0.25, -0.2) is 0 Å². The lowest BCUT2D eigenvalue weighted by atomic mass is 10.1. The number of hydrogen-bond acceptors (Lipinski definition) is 4. The average Bonchev–Trinajstić information content (AvgIpc) is 3.27. The highest BCUT2D eigenvalue weighted by Gasteiger charge is 2.45. The highest BCUT2D eigenvalue weighted by Crippen LogP contribution is 2.33. The molecule has 6 nitrogen and oxygen atoms in total. The predicted octanol–water partition coefficient (Wildman–Crippen LogP) is 1.35.